The number of carbonyl (C=O) groups is 1. The van der Waals surface area contributed by atoms with Crippen molar-refractivity contribution in [3.8, 4) is 5.75 Å². The van der Waals surface area contributed by atoms with Gasteiger partial charge in [0.1, 0.15) is 17.4 Å². The van der Waals surface area contributed by atoms with Crippen LogP contribution in [0.3, 0.4) is 0 Å². The molecular weight excluding hydrogens is 366 g/mol. The van der Waals surface area contributed by atoms with Gasteiger partial charge in [-0.25, -0.2) is 9.78 Å². The average molecular weight is 378 g/mol. The van der Waals surface area contributed by atoms with Gasteiger partial charge in [-0.15, -0.1) is 11.3 Å². The van der Waals surface area contributed by atoms with Gasteiger partial charge < -0.3 is 9.47 Å². The topological polar surface area (TPSA) is 48.4 Å². The number of halogens is 1. The Morgan fingerprint density at radius 2 is 2.05 bits per heavy atom. The van der Waals surface area contributed by atoms with Gasteiger partial charge in [-0.1, -0.05) is 34.1 Å². The summed E-state index contributed by atoms with van der Waals surface area (Å²) >= 11 is 4.86. The fourth-order valence-electron chi connectivity index (χ4n) is 1.86. The number of rotatable bonds is 5. The van der Waals surface area contributed by atoms with E-state index in [9.17, 15) is 4.79 Å². The monoisotopic (exact) mass is 377 g/mol. The average Bonchev–Trinajstić information content (AvgIpc) is 2.94. The molecule has 112 valence electrons. The zero-order chi connectivity index (χ0) is 15.4. The Bertz CT molecular complexity index is 770. The van der Waals surface area contributed by atoms with Gasteiger partial charge in [0.15, 0.2) is 6.61 Å². The minimum Gasteiger partial charge on any atom is -0.482 e. The molecule has 0 spiro atoms. The molecule has 0 bridgehead atoms. The molecule has 0 fully saturated rings. The molecule has 0 aliphatic rings. The molecule has 3 aromatic rings. The van der Waals surface area contributed by atoms with Crippen molar-refractivity contribution in [2.45, 2.75) is 6.61 Å². The highest BCUT2D eigenvalue weighted by Gasteiger charge is 2.08. The van der Waals surface area contributed by atoms with Crippen LogP contribution in [0.5, 0.6) is 5.75 Å². The molecule has 2 aromatic carbocycles. The van der Waals surface area contributed by atoms with Crippen molar-refractivity contribution >= 4 is 43.5 Å². The zero-order valence-corrected chi connectivity index (χ0v) is 13.9. The van der Waals surface area contributed by atoms with E-state index in [0.29, 0.717) is 5.75 Å². The molecular formula is C16H12BrNO3S. The van der Waals surface area contributed by atoms with Crippen molar-refractivity contribution in [1.82, 2.24) is 4.98 Å². The van der Waals surface area contributed by atoms with E-state index in [0.717, 1.165) is 19.7 Å². The van der Waals surface area contributed by atoms with E-state index in [1.54, 1.807) is 12.1 Å². The Hall–Kier alpha value is -1.92. The molecule has 0 aliphatic carbocycles. The maximum absolute atomic E-state index is 11.7. The molecule has 0 atom stereocenters. The maximum atomic E-state index is 11.7. The highest BCUT2D eigenvalue weighted by Crippen LogP contribution is 2.22. The number of hydrogen-bond donors (Lipinski definition) is 0. The van der Waals surface area contributed by atoms with Gasteiger partial charge in [-0.3, -0.25) is 0 Å². The largest absolute Gasteiger partial charge is 0.482 e. The standard InChI is InChI=1S/C16H12BrNO3S/c17-11-4-3-5-12(8-11)20-10-16(19)21-9-15-18-13-6-1-2-7-14(13)22-15/h1-8H,9-10H2. The van der Waals surface area contributed by atoms with E-state index in [1.165, 1.54) is 11.3 Å². The summed E-state index contributed by atoms with van der Waals surface area (Å²) in [5, 5.41) is 0.775. The SMILES string of the molecule is O=C(COc1cccc(Br)c1)OCc1nc2ccccc2s1. The van der Waals surface area contributed by atoms with E-state index >= 15 is 0 Å². The third-order valence-electron chi connectivity index (χ3n) is 2.85. The molecule has 1 aromatic heterocycles. The number of carbonyl (C=O) groups excluding carboxylic acids is 1. The van der Waals surface area contributed by atoms with Crippen LogP contribution in [0, 0.1) is 0 Å². The highest BCUT2D eigenvalue weighted by atomic mass is 79.9. The first-order chi connectivity index (χ1) is 10.7. The smallest absolute Gasteiger partial charge is 0.344 e. The van der Waals surface area contributed by atoms with Gasteiger partial charge >= 0.3 is 5.97 Å². The van der Waals surface area contributed by atoms with E-state index in [-0.39, 0.29) is 13.2 Å². The molecule has 0 saturated carbocycles. The normalized spacial score (nSPS) is 10.6. The summed E-state index contributed by atoms with van der Waals surface area (Å²) in [6.45, 7) is 0.0430. The van der Waals surface area contributed by atoms with Crippen LogP contribution in [0.4, 0.5) is 0 Å². The first-order valence-corrected chi connectivity index (χ1v) is 8.20. The fraction of sp³-hybridized carbons (Fsp3) is 0.125. The van der Waals surface area contributed by atoms with Gasteiger partial charge in [-0.05, 0) is 30.3 Å². The minimum absolute atomic E-state index is 0.124. The van der Waals surface area contributed by atoms with Gasteiger partial charge in [0.25, 0.3) is 0 Å². The van der Waals surface area contributed by atoms with Crippen LogP contribution in [0.2, 0.25) is 0 Å². The second-order valence-corrected chi connectivity index (χ2v) is 6.51. The van der Waals surface area contributed by atoms with Crippen LogP contribution in [0.25, 0.3) is 10.2 Å². The van der Waals surface area contributed by atoms with Crippen molar-refractivity contribution in [2.75, 3.05) is 6.61 Å². The first-order valence-electron chi connectivity index (χ1n) is 6.59. The number of benzene rings is 2. The third-order valence-corrected chi connectivity index (χ3v) is 4.35. The van der Waals surface area contributed by atoms with Gasteiger partial charge in [0.2, 0.25) is 0 Å². The predicted octanol–water partition coefficient (Wildman–Crippen LogP) is 4.18. The van der Waals surface area contributed by atoms with Crippen molar-refractivity contribution in [3.05, 3.63) is 58.0 Å². The molecule has 4 nitrogen and oxygen atoms in total. The molecule has 6 heteroatoms. The molecule has 0 radical (unpaired) electrons. The molecule has 0 saturated heterocycles. The number of hydrogen-bond acceptors (Lipinski definition) is 5. The quantitative estimate of drug-likeness (QED) is 0.625. The third kappa shape index (κ3) is 3.84. The number of esters is 1. The van der Waals surface area contributed by atoms with Crippen LogP contribution in [0.15, 0.2) is 53.0 Å². The molecule has 0 N–H and O–H groups in total. The Morgan fingerprint density at radius 1 is 1.18 bits per heavy atom. The lowest BCUT2D eigenvalue weighted by Gasteiger charge is -2.06. The first kappa shape index (κ1) is 15.0. The molecule has 22 heavy (non-hydrogen) atoms. The number of nitrogens with zero attached hydrogens (tertiary/aromatic N) is 1. The van der Waals surface area contributed by atoms with Crippen molar-refractivity contribution in [2.24, 2.45) is 0 Å². The summed E-state index contributed by atoms with van der Waals surface area (Å²) in [4.78, 5) is 16.1. The predicted molar refractivity (Wildman–Crippen MR) is 89.1 cm³/mol. The van der Waals surface area contributed by atoms with Crippen LogP contribution in [-0.2, 0) is 16.1 Å². The summed E-state index contributed by atoms with van der Waals surface area (Å²) in [7, 11) is 0. The molecule has 0 amide bonds. The second-order valence-electron chi connectivity index (χ2n) is 4.48. The highest BCUT2D eigenvalue weighted by molar-refractivity contribution is 9.10. The van der Waals surface area contributed by atoms with E-state index < -0.39 is 5.97 Å². The summed E-state index contributed by atoms with van der Waals surface area (Å²) in [5.41, 5.74) is 0.920. The van der Waals surface area contributed by atoms with Gasteiger partial charge in [0, 0.05) is 4.47 Å². The summed E-state index contributed by atoms with van der Waals surface area (Å²) < 4.78 is 12.5. The van der Waals surface area contributed by atoms with E-state index in [1.807, 2.05) is 36.4 Å². The van der Waals surface area contributed by atoms with Crippen LogP contribution in [0.1, 0.15) is 5.01 Å². The lowest BCUT2D eigenvalue weighted by molar-refractivity contribution is -0.147. The Labute approximate surface area is 139 Å². The lowest BCUT2D eigenvalue weighted by atomic mass is 10.3. The molecule has 3 rings (SSSR count). The van der Waals surface area contributed by atoms with Gasteiger partial charge in [-0.2, -0.15) is 0 Å². The fourth-order valence-corrected chi connectivity index (χ4v) is 3.12. The van der Waals surface area contributed by atoms with Crippen molar-refractivity contribution < 1.29 is 14.3 Å². The van der Waals surface area contributed by atoms with E-state index in [2.05, 4.69) is 20.9 Å². The van der Waals surface area contributed by atoms with Crippen LogP contribution in [-0.4, -0.2) is 17.6 Å². The van der Waals surface area contributed by atoms with Gasteiger partial charge in [0.05, 0.1) is 10.2 Å². The summed E-state index contributed by atoms with van der Waals surface area (Å²) in [6.07, 6.45) is 0. The summed E-state index contributed by atoms with van der Waals surface area (Å²) in [6, 6.07) is 15.1. The van der Waals surface area contributed by atoms with Crippen molar-refractivity contribution in [3.63, 3.8) is 0 Å². The Kier molecular flexibility index (Phi) is 4.70. The molecule has 0 unspecified atom stereocenters. The Balaban J connectivity index is 1.51. The molecule has 0 aliphatic heterocycles. The minimum atomic E-state index is -0.417. The van der Waals surface area contributed by atoms with Crippen LogP contribution >= 0.6 is 27.3 Å². The van der Waals surface area contributed by atoms with E-state index in [4.69, 9.17) is 9.47 Å². The number of thiazole rings is 1. The molecule has 1 heterocycles. The Morgan fingerprint density at radius 3 is 2.86 bits per heavy atom. The lowest BCUT2D eigenvalue weighted by Crippen LogP contribution is -2.14. The number of fused-ring (bicyclic) bond motifs is 1. The number of aromatic nitrogens is 1. The number of para-hydroxylation sites is 1. The van der Waals surface area contributed by atoms with Crippen LogP contribution < -0.4 is 4.74 Å². The maximum Gasteiger partial charge on any atom is 0.344 e. The number of ether oxygens (including phenoxy) is 2. The van der Waals surface area contributed by atoms with Crippen molar-refractivity contribution in [1.29, 1.82) is 0 Å². The zero-order valence-electron chi connectivity index (χ0n) is 11.5. The summed E-state index contributed by atoms with van der Waals surface area (Å²) in [5.74, 6) is 0.200. The second kappa shape index (κ2) is 6.89.